The monoisotopic (exact) mass is 315 g/mol. The molecule has 0 amide bonds. The van der Waals surface area contributed by atoms with Gasteiger partial charge in [-0.2, -0.15) is 0 Å². The molecule has 0 saturated carbocycles. The van der Waals surface area contributed by atoms with Crippen molar-refractivity contribution in [2.75, 3.05) is 5.73 Å². The lowest BCUT2D eigenvalue weighted by Crippen LogP contribution is -1.99. The lowest BCUT2D eigenvalue weighted by molar-refractivity contribution is 1.18. The summed E-state index contributed by atoms with van der Waals surface area (Å²) in [5.74, 6) is 0.996. The maximum Gasteiger partial charge on any atom is 0.161 e. The van der Waals surface area contributed by atoms with Crippen molar-refractivity contribution in [2.24, 2.45) is 0 Å². The second-order valence-electron chi connectivity index (χ2n) is 5.96. The first-order valence-electron chi connectivity index (χ1n) is 7.76. The van der Waals surface area contributed by atoms with Crippen LogP contribution in [0.25, 0.3) is 33.8 Å². The van der Waals surface area contributed by atoms with E-state index in [1.807, 2.05) is 31.2 Å². The van der Waals surface area contributed by atoms with E-state index < -0.39 is 0 Å². The Morgan fingerprint density at radius 3 is 2.46 bits per heavy atom. The quantitative estimate of drug-likeness (QED) is 0.588. The first-order valence-corrected chi connectivity index (χ1v) is 7.76. The molecular formula is C19H17N5. The lowest BCUT2D eigenvalue weighted by Gasteiger charge is -2.05. The van der Waals surface area contributed by atoms with E-state index in [9.17, 15) is 0 Å². The third-order valence-corrected chi connectivity index (χ3v) is 4.01. The van der Waals surface area contributed by atoms with Gasteiger partial charge in [-0.15, -0.1) is 0 Å². The van der Waals surface area contributed by atoms with E-state index in [-0.39, 0.29) is 0 Å². The van der Waals surface area contributed by atoms with Gasteiger partial charge in [-0.1, -0.05) is 35.9 Å². The molecule has 0 aliphatic heterocycles. The standard InChI is InChI=1S/C19H17N5/c1-11-3-6-13(7-4-11)16-10-21-18(20)17(22-16)19-23-14-8-5-12(2)9-15(14)24-19/h3-10H,1-2H3,(H2,20,21)(H,23,24). The summed E-state index contributed by atoms with van der Waals surface area (Å²) in [6.07, 6.45) is 1.69. The van der Waals surface area contributed by atoms with Gasteiger partial charge in [0.2, 0.25) is 0 Å². The van der Waals surface area contributed by atoms with Gasteiger partial charge < -0.3 is 10.7 Å². The van der Waals surface area contributed by atoms with Crippen LogP contribution in [-0.2, 0) is 0 Å². The van der Waals surface area contributed by atoms with Crippen molar-refractivity contribution >= 4 is 16.9 Å². The molecule has 3 N–H and O–H groups in total. The molecule has 0 atom stereocenters. The maximum absolute atomic E-state index is 6.04. The molecule has 4 aromatic rings. The molecule has 24 heavy (non-hydrogen) atoms. The molecule has 0 fully saturated rings. The number of nitrogen functional groups attached to an aromatic ring is 1. The number of nitrogens with zero attached hydrogens (tertiary/aromatic N) is 3. The molecule has 0 bridgehead atoms. The fraction of sp³-hybridized carbons (Fsp3) is 0.105. The molecule has 5 nitrogen and oxygen atoms in total. The van der Waals surface area contributed by atoms with Gasteiger partial charge in [-0.25, -0.2) is 15.0 Å². The molecule has 0 spiro atoms. The van der Waals surface area contributed by atoms with Crippen LogP contribution in [-0.4, -0.2) is 19.9 Å². The van der Waals surface area contributed by atoms with E-state index in [2.05, 4.69) is 45.1 Å². The number of hydrogen-bond acceptors (Lipinski definition) is 4. The van der Waals surface area contributed by atoms with Crippen molar-refractivity contribution < 1.29 is 0 Å². The molecule has 0 aliphatic rings. The van der Waals surface area contributed by atoms with Gasteiger partial charge in [0.25, 0.3) is 0 Å². The zero-order chi connectivity index (χ0) is 16.7. The highest BCUT2D eigenvalue weighted by Crippen LogP contribution is 2.26. The minimum absolute atomic E-state index is 0.363. The van der Waals surface area contributed by atoms with Crippen LogP contribution in [0.3, 0.4) is 0 Å². The number of aromatic amines is 1. The van der Waals surface area contributed by atoms with Crippen molar-refractivity contribution in [1.82, 2.24) is 19.9 Å². The predicted molar refractivity (Wildman–Crippen MR) is 96.4 cm³/mol. The second-order valence-corrected chi connectivity index (χ2v) is 5.96. The lowest BCUT2D eigenvalue weighted by atomic mass is 10.1. The molecule has 0 unspecified atom stereocenters. The van der Waals surface area contributed by atoms with Gasteiger partial charge in [0, 0.05) is 5.56 Å². The van der Waals surface area contributed by atoms with Crippen LogP contribution in [0.1, 0.15) is 11.1 Å². The fourth-order valence-corrected chi connectivity index (χ4v) is 2.67. The Balaban J connectivity index is 1.84. The molecule has 2 aromatic heterocycles. The number of fused-ring (bicyclic) bond motifs is 1. The zero-order valence-corrected chi connectivity index (χ0v) is 13.5. The molecular weight excluding hydrogens is 298 g/mol. The number of imidazole rings is 1. The summed E-state index contributed by atoms with van der Waals surface area (Å²) in [6.45, 7) is 4.10. The minimum Gasteiger partial charge on any atom is -0.382 e. The molecule has 4 rings (SSSR count). The number of anilines is 1. The van der Waals surface area contributed by atoms with E-state index in [4.69, 9.17) is 5.73 Å². The topological polar surface area (TPSA) is 80.5 Å². The van der Waals surface area contributed by atoms with E-state index in [1.54, 1.807) is 6.20 Å². The third-order valence-electron chi connectivity index (χ3n) is 4.01. The van der Waals surface area contributed by atoms with Gasteiger partial charge in [-0.05, 0) is 31.5 Å². The Morgan fingerprint density at radius 2 is 1.67 bits per heavy atom. The van der Waals surface area contributed by atoms with Crippen LogP contribution in [0.5, 0.6) is 0 Å². The van der Waals surface area contributed by atoms with E-state index in [0.717, 1.165) is 22.3 Å². The predicted octanol–water partition coefficient (Wildman–Crippen LogP) is 3.89. The summed E-state index contributed by atoms with van der Waals surface area (Å²) in [7, 11) is 0. The van der Waals surface area contributed by atoms with Crippen molar-refractivity contribution in [3.8, 4) is 22.8 Å². The van der Waals surface area contributed by atoms with Crippen molar-refractivity contribution in [1.29, 1.82) is 0 Å². The summed E-state index contributed by atoms with van der Waals surface area (Å²) in [6, 6.07) is 14.2. The van der Waals surface area contributed by atoms with Gasteiger partial charge in [0.05, 0.1) is 22.9 Å². The summed E-state index contributed by atoms with van der Waals surface area (Å²) in [5, 5.41) is 0. The second kappa shape index (κ2) is 5.45. The Labute approximate surface area is 139 Å². The minimum atomic E-state index is 0.363. The van der Waals surface area contributed by atoms with Gasteiger partial charge >= 0.3 is 0 Å². The maximum atomic E-state index is 6.04. The van der Waals surface area contributed by atoms with E-state index >= 15 is 0 Å². The Hall–Kier alpha value is -3.21. The Morgan fingerprint density at radius 1 is 0.917 bits per heavy atom. The number of benzene rings is 2. The number of nitrogens with one attached hydrogen (secondary N) is 1. The molecule has 5 heteroatoms. The molecule has 2 aromatic carbocycles. The molecule has 2 heterocycles. The molecule has 0 radical (unpaired) electrons. The fourth-order valence-electron chi connectivity index (χ4n) is 2.67. The molecule has 0 saturated heterocycles. The van der Waals surface area contributed by atoms with Crippen LogP contribution in [0.4, 0.5) is 5.82 Å². The van der Waals surface area contributed by atoms with Crippen molar-refractivity contribution in [3.63, 3.8) is 0 Å². The highest BCUT2D eigenvalue weighted by molar-refractivity contribution is 5.81. The third kappa shape index (κ3) is 2.50. The molecule has 0 aliphatic carbocycles. The number of hydrogen-bond donors (Lipinski definition) is 2. The normalized spacial score (nSPS) is 11.1. The van der Waals surface area contributed by atoms with Crippen LogP contribution >= 0.6 is 0 Å². The van der Waals surface area contributed by atoms with E-state index in [0.29, 0.717) is 17.3 Å². The molecule has 118 valence electrons. The number of aryl methyl sites for hydroxylation is 2. The number of H-pyrrole nitrogens is 1. The first-order chi connectivity index (χ1) is 11.6. The zero-order valence-electron chi connectivity index (χ0n) is 13.5. The summed E-state index contributed by atoms with van der Waals surface area (Å²) in [5.41, 5.74) is 12.6. The smallest absolute Gasteiger partial charge is 0.161 e. The summed E-state index contributed by atoms with van der Waals surface area (Å²) < 4.78 is 0. The summed E-state index contributed by atoms with van der Waals surface area (Å²) in [4.78, 5) is 16.9. The van der Waals surface area contributed by atoms with E-state index in [1.165, 1.54) is 11.1 Å². The summed E-state index contributed by atoms with van der Waals surface area (Å²) >= 11 is 0. The number of aromatic nitrogens is 4. The van der Waals surface area contributed by atoms with Crippen LogP contribution in [0.15, 0.2) is 48.7 Å². The SMILES string of the molecule is Cc1ccc(-c2cnc(N)c(-c3nc4ccc(C)cc4[nH]3)n2)cc1. The van der Waals surface area contributed by atoms with Gasteiger partial charge in [0.15, 0.2) is 11.6 Å². The largest absolute Gasteiger partial charge is 0.382 e. The highest BCUT2D eigenvalue weighted by atomic mass is 15.0. The Kier molecular flexibility index (Phi) is 3.27. The first kappa shape index (κ1) is 14.4. The number of nitrogens with two attached hydrogens (primary N) is 1. The van der Waals surface area contributed by atoms with Crippen LogP contribution in [0.2, 0.25) is 0 Å². The average Bonchev–Trinajstić information content (AvgIpc) is 2.99. The van der Waals surface area contributed by atoms with Crippen LogP contribution in [0, 0.1) is 13.8 Å². The van der Waals surface area contributed by atoms with Crippen LogP contribution < -0.4 is 5.73 Å². The van der Waals surface area contributed by atoms with Crippen molar-refractivity contribution in [2.45, 2.75) is 13.8 Å². The Bertz CT molecular complexity index is 1030. The van der Waals surface area contributed by atoms with Crippen molar-refractivity contribution in [3.05, 3.63) is 59.8 Å². The average molecular weight is 315 g/mol. The number of rotatable bonds is 2. The van der Waals surface area contributed by atoms with Gasteiger partial charge in [-0.3, -0.25) is 0 Å². The van der Waals surface area contributed by atoms with Gasteiger partial charge in [0.1, 0.15) is 5.69 Å². The highest BCUT2D eigenvalue weighted by Gasteiger charge is 2.13.